The van der Waals surface area contributed by atoms with E-state index in [-0.39, 0.29) is 11.3 Å². The maximum absolute atomic E-state index is 13.3. The molecule has 9 heteroatoms. The number of anilines is 1. The molecule has 0 aliphatic rings. The third-order valence-corrected chi connectivity index (χ3v) is 6.53. The molecule has 3 aromatic rings. The molecule has 0 aliphatic heterocycles. The highest BCUT2D eigenvalue weighted by Gasteiger charge is 2.27. The first kappa shape index (κ1) is 23.9. The van der Waals surface area contributed by atoms with E-state index in [1.165, 1.54) is 42.3 Å². The summed E-state index contributed by atoms with van der Waals surface area (Å²) < 4.78 is 40.6. The number of urea groups is 1. The molecule has 1 atom stereocenters. The zero-order chi connectivity index (χ0) is 24.0. The van der Waals surface area contributed by atoms with Gasteiger partial charge in [-0.2, -0.15) is 0 Å². The van der Waals surface area contributed by atoms with E-state index in [1.54, 1.807) is 49.4 Å². The van der Waals surface area contributed by atoms with Crippen molar-refractivity contribution in [3.05, 3.63) is 95.8 Å². The largest absolute Gasteiger partial charge is 0.329 e. The number of carbonyl (C=O) groups excluding carboxylic acids is 2. The van der Waals surface area contributed by atoms with E-state index in [0.717, 1.165) is 5.56 Å². The van der Waals surface area contributed by atoms with Crippen LogP contribution in [0.5, 0.6) is 0 Å². The van der Waals surface area contributed by atoms with Gasteiger partial charge in [-0.3, -0.25) is 4.79 Å². The Morgan fingerprint density at radius 1 is 0.939 bits per heavy atom. The summed E-state index contributed by atoms with van der Waals surface area (Å²) in [6.45, 7) is 1.62. The predicted molar refractivity (Wildman–Crippen MR) is 124 cm³/mol. The van der Waals surface area contributed by atoms with Crippen LogP contribution in [0.3, 0.4) is 0 Å². The van der Waals surface area contributed by atoms with Gasteiger partial charge in [0.1, 0.15) is 11.9 Å². The minimum Gasteiger partial charge on any atom is -0.325 e. The Bertz CT molecular complexity index is 1230. The Balaban J connectivity index is 1.81. The second kappa shape index (κ2) is 10.3. The topological polar surface area (TPSA) is 95.6 Å². The number of aryl methyl sites for hydroxylation is 1. The van der Waals surface area contributed by atoms with Crippen molar-refractivity contribution in [3.63, 3.8) is 0 Å². The maximum Gasteiger partial charge on any atom is 0.329 e. The lowest BCUT2D eigenvalue weighted by Gasteiger charge is -2.25. The molecule has 33 heavy (non-hydrogen) atoms. The van der Waals surface area contributed by atoms with E-state index >= 15 is 0 Å². The van der Waals surface area contributed by atoms with Crippen molar-refractivity contribution in [2.45, 2.75) is 24.3 Å². The molecule has 0 radical (unpaired) electrons. The summed E-state index contributed by atoms with van der Waals surface area (Å²) in [4.78, 5) is 27.1. The molecule has 0 fully saturated rings. The predicted octanol–water partition coefficient (Wildman–Crippen LogP) is 3.40. The van der Waals surface area contributed by atoms with Crippen molar-refractivity contribution < 1.29 is 22.4 Å². The number of benzene rings is 3. The summed E-state index contributed by atoms with van der Waals surface area (Å²) in [6, 6.07) is 18.5. The van der Waals surface area contributed by atoms with Gasteiger partial charge in [0.25, 0.3) is 10.0 Å². The van der Waals surface area contributed by atoms with Crippen LogP contribution < -0.4 is 14.9 Å². The lowest BCUT2D eigenvalue weighted by Crippen LogP contribution is -2.52. The van der Waals surface area contributed by atoms with Crippen molar-refractivity contribution in [2.24, 2.45) is 0 Å². The SMILES string of the molecule is Cc1ccccc1S(=O)(=O)NC(=O)N[C@@H](Cc1ccccc1)C(=O)N(C)c1ccc(F)cc1. The molecule has 3 amide bonds. The van der Waals surface area contributed by atoms with E-state index in [0.29, 0.717) is 11.3 Å². The number of carbonyl (C=O) groups is 2. The van der Waals surface area contributed by atoms with Crippen LogP contribution in [0.25, 0.3) is 0 Å². The lowest BCUT2D eigenvalue weighted by atomic mass is 10.0. The van der Waals surface area contributed by atoms with Gasteiger partial charge < -0.3 is 10.2 Å². The van der Waals surface area contributed by atoms with Crippen molar-refractivity contribution in [2.75, 3.05) is 11.9 Å². The lowest BCUT2D eigenvalue weighted by molar-refractivity contribution is -0.120. The normalized spacial score (nSPS) is 12.0. The monoisotopic (exact) mass is 469 g/mol. The van der Waals surface area contributed by atoms with Crippen LogP contribution in [0.15, 0.2) is 83.8 Å². The molecule has 0 aromatic heterocycles. The van der Waals surface area contributed by atoms with Gasteiger partial charge in [-0.15, -0.1) is 0 Å². The average Bonchev–Trinajstić information content (AvgIpc) is 2.78. The maximum atomic E-state index is 13.3. The van der Waals surface area contributed by atoms with Crippen LogP contribution in [0.4, 0.5) is 14.9 Å². The molecule has 0 unspecified atom stereocenters. The molecule has 3 rings (SSSR count). The van der Waals surface area contributed by atoms with Crippen molar-refractivity contribution >= 4 is 27.6 Å². The van der Waals surface area contributed by atoms with Crippen LogP contribution in [0.2, 0.25) is 0 Å². The van der Waals surface area contributed by atoms with Crippen LogP contribution >= 0.6 is 0 Å². The molecule has 0 aliphatic carbocycles. The average molecular weight is 470 g/mol. The Labute approximate surface area is 192 Å². The Hall–Kier alpha value is -3.72. The van der Waals surface area contributed by atoms with Crippen LogP contribution in [-0.2, 0) is 21.2 Å². The molecule has 7 nitrogen and oxygen atoms in total. The first-order valence-corrected chi connectivity index (χ1v) is 11.6. The van der Waals surface area contributed by atoms with Gasteiger partial charge in [0.15, 0.2) is 0 Å². The third-order valence-electron chi connectivity index (χ3n) is 5.04. The second-order valence-corrected chi connectivity index (χ2v) is 9.11. The number of halogens is 1. The molecular weight excluding hydrogens is 445 g/mol. The molecule has 3 aromatic carbocycles. The summed E-state index contributed by atoms with van der Waals surface area (Å²) in [6.07, 6.45) is 0.128. The Kier molecular flexibility index (Phi) is 7.44. The molecule has 0 saturated heterocycles. The summed E-state index contributed by atoms with van der Waals surface area (Å²) >= 11 is 0. The summed E-state index contributed by atoms with van der Waals surface area (Å²) in [5, 5.41) is 2.48. The highest BCUT2D eigenvalue weighted by molar-refractivity contribution is 7.90. The van der Waals surface area contributed by atoms with Crippen LogP contribution in [0, 0.1) is 12.7 Å². The van der Waals surface area contributed by atoms with Crippen LogP contribution in [-0.4, -0.2) is 33.4 Å². The zero-order valence-corrected chi connectivity index (χ0v) is 19.0. The Morgan fingerprint density at radius 2 is 1.55 bits per heavy atom. The van der Waals surface area contributed by atoms with Gasteiger partial charge in [0, 0.05) is 19.2 Å². The molecule has 0 bridgehead atoms. The number of rotatable bonds is 7. The zero-order valence-electron chi connectivity index (χ0n) is 18.2. The number of hydrogen-bond donors (Lipinski definition) is 2. The second-order valence-electron chi connectivity index (χ2n) is 7.46. The number of amides is 3. The molecule has 0 saturated carbocycles. The van der Waals surface area contributed by atoms with Gasteiger partial charge in [0.2, 0.25) is 5.91 Å². The first-order valence-electron chi connectivity index (χ1n) is 10.1. The number of nitrogens with zero attached hydrogens (tertiary/aromatic N) is 1. The number of sulfonamides is 1. The molecular formula is C24H24FN3O4S. The fourth-order valence-corrected chi connectivity index (χ4v) is 4.46. The molecule has 0 heterocycles. The standard InChI is InChI=1S/C24H24FN3O4S/c1-17-8-6-7-11-22(17)33(31,32)27-24(30)26-21(16-18-9-4-3-5-10-18)23(29)28(2)20-14-12-19(25)13-15-20/h3-15,21H,16H2,1-2H3,(H2,26,27,30)/t21-/m0/s1. The quantitative estimate of drug-likeness (QED) is 0.555. The van der Waals surface area contributed by atoms with E-state index in [1.807, 2.05) is 10.8 Å². The number of likely N-dealkylation sites (N-methyl/N-ethyl adjacent to an activating group) is 1. The minimum absolute atomic E-state index is 0.0329. The third kappa shape index (κ3) is 6.17. The molecule has 0 spiro atoms. The van der Waals surface area contributed by atoms with Gasteiger partial charge in [-0.25, -0.2) is 22.3 Å². The first-order chi connectivity index (χ1) is 15.7. The fraction of sp³-hybridized carbons (Fsp3) is 0.167. The van der Waals surface area contributed by atoms with E-state index in [4.69, 9.17) is 0 Å². The van der Waals surface area contributed by atoms with Crippen molar-refractivity contribution in [3.8, 4) is 0 Å². The summed E-state index contributed by atoms with van der Waals surface area (Å²) in [7, 11) is -2.64. The minimum atomic E-state index is -4.14. The van der Waals surface area contributed by atoms with E-state index in [2.05, 4.69) is 5.32 Å². The highest BCUT2D eigenvalue weighted by Crippen LogP contribution is 2.16. The number of hydrogen-bond acceptors (Lipinski definition) is 4. The summed E-state index contributed by atoms with van der Waals surface area (Å²) in [5.74, 6) is -0.937. The molecule has 2 N–H and O–H groups in total. The van der Waals surface area contributed by atoms with Gasteiger partial charge in [-0.05, 0) is 48.4 Å². The van der Waals surface area contributed by atoms with Crippen molar-refractivity contribution in [1.29, 1.82) is 0 Å². The fourth-order valence-electron chi connectivity index (χ4n) is 3.30. The smallest absolute Gasteiger partial charge is 0.325 e. The van der Waals surface area contributed by atoms with E-state index < -0.39 is 33.8 Å². The van der Waals surface area contributed by atoms with Gasteiger partial charge in [-0.1, -0.05) is 48.5 Å². The van der Waals surface area contributed by atoms with Gasteiger partial charge >= 0.3 is 6.03 Å². The van der Waals surface area contributed by atoms with Crippen LogP contribution in [0.1, 0.15) is 11.1 Å². The van der Waals surface area contributed by atoms with Crippen molar-refractivity contribution in [1.82, 2.24) is 10.0 Å². The molecule has 172 valence electrons. The van der Waals surface area contributed by atoms with Gasteiger partial charge in [0.05, 0.1) is 4.90 Å². The highest BCUT2D eigenvalue weighted by atomic mass is 32.2. The van der Waals surface area contributed by atoms with E-state index in [9.17, 15) is 22.4 Å². The Morgan fingerprint density at radius 3 is 2.18 bits per heavy atom. The summed E-state index contributed by atoms with van der Waals surface area (Å²) in [5.41, 5.74) is 1.67. The number of nitrogens with one attached hydrogen (secondary N) is 2.